The minimum absolute atomic E-state index is 0.0916. The quantitative estimate of drug-likeness (QED) is 0.0261. The molecule has 472 valence electrons. The second-order valence-corrected chi connectivity index (χ2v) is 22.6. The van der Waals surface area contributed by atoms with E-state index in [0.29, 0.717) is 19.3 Å². The average molecular weight is 1150 g/mol. The molecule has 0 radical (unpaired) electrons. The van der Waals surface area contributed by atoms with E-state index in [2.05, 4.69) is 154 Å². The third-order valence-corrected chi connectivity index (χ3v) is 14.6. The number of hydrogen-bond donors (Lipinski definition) is 0. The van der Waals surface area contributed by atoms with Gasteiger partial charge in [-0.2, -0.15) is 0 Å². The van der Waals surface area contributed by atoms with Crippen molar-refractivity contribution in [2.45, 2.75) is 322 Å². The maximum atomic E-state index is 12.9. The molecule has 0 heterocycles. The standard InChI is InChI=1S/C77H128O6/c1-4-7-10-13-16-19-22-25-27-29-31-33-34-35-36-37-38-39-40-41-42-44-45-47-49-52-55-58-61-64-67-70-76(79)82-73-74(72-81-75(78)69-66-63-60-57-54-51-24-21-18-15-12-9-6-3)83-77(80)71-68-65-62-59-56-53-50-48-46-43-32-30-28-26-23-20-17-14-11-8-5-2/h7-12,16-21,25-28,31-33,43,51,54,74H,4-6,13-15,22-24,29-30,34-42,44-50,52-53,55-73H2,1-3H3/b10-7-,11-8-,12-9-,19-16-,20-17-,21-18-,27-25-,28-26-,33-31-,43-32-,54-51-. The molecule has 6 nitrogen and oxygen atoms in total. The molecule has 0 rings (SSSR count). The van der Waals surface area contributed by atoms with E-state index < -0.39 is 6.10 Å². The molecule has 0 aromatic rings. The summed E-state index contributed by atoms with van der Waals surface area (Å²) in [4.78, 5) is 38.4. The van der Waals surface area contributed by atoms with Crippen LogP contribution >= 0.6 is 0 Å². The second kappa shape index (κ2) is 70.0. The van der Waals surface area contributed by atoms with Crippen molar-refractivity contribution in [3.63, 3.8) is 0 Å². The Morgan fingerprint density at radius 1 is 0.241 bits per heavy atom. The molecule has 0 saturated carbocycles. The van der Waals surface area contributed by atoms with E-state index in [0.717, 1.165) is 141 Å². The number of rotatable bonds is 62. The first kappa shape index (κ1) is 78.5. The number of unbranched alkanes of at least 4 members (excludes halogenated alkanes) is 29. The third kappa shape index (κ3) is 68.2. The Hall–Kier alpha value is -4.45. The van der Waals surface area contributed by atoms with E-state index >= 15 is 0 Å². The lowest BCUT2D eigenvalue weighted by atomic mass is 10.0. The lowest BCUT2D eigenvalue weighted by Gasteiger charge is -2.18. The van der Waals surface area contributed by atoms with Crippen molar-refractivity contribution in [3.05, 3.63) is 134 Å². The van der Waals surface area contributed by atoms with Gasteiger partial charge in [-0.1, -0.05) is 302 Å². The predicted octanol–water partition coefficient (Wildman–Crippen LogP) is 24.1. The molecular weight excluding hydrogens is 1020 g/mol. The van der Waals surface area contributed by atoms with Gasteiger partial charge in [-0.15, -0.1) is 0 Å². The Morgan fingerprint density at radius 3 is 0.687 bits per heavy atom. The van der Waals surface area contributed by atoms with Crippen LogP contribution in [0.5, 0.6) is 0 Å². The topological polar surface area (TPSA) is 78.9 Å². The fourth-order valence-electron chi connectivity index (χ4n) is 9.56. The minimum Gasteiger partial charge on any atom is -0.462 e. The Morgan fingerprint density at radius 2 is 0.434 bits per heavy atom. The minimum atomic E-state index is -0.799. The van der Waals surface area contributed by atoms with Crippen molar-refractivity contribution < 1.29 is 28.6 Å². The molecular formula is C77H128O6. The highest BCUT2D eigenvalue weighted by Gasteiger charge is 2.19. The molecule has 0 N–H and O–H groups in total. The fourth-order valence-corrected chi connectivity index (χ4v) is 9.56. The van der Waals surface area contributed by atoms with Crippen LogP contribution in [0.25, 0.3) is 0 Å². The van der Waals surface area contributed by atoms with E-state index in [4.69, 9.17) is 14.2 Å². The number of esters is 3. The molecule has 0 aliphatic heterocycles. The van der Waals surface area contributed by atoms with Crippen LogP contribution in [0, 0.1) is 0 Å². The Bertz CT molecular complexity index is 1750. The average Bonchev–Trinajstić information content (AvgIpc) is 3.49. The highest BCUT2D eigenvalue weighted by molar-refractivity contribution is 5.71. The van der Waals surface area contributed by atoms with Crippen molar-refractivity contribution in [1.82, 2.24) is 0 Å². The summed E-state index contributed by atoms with van der Waals surface area (Å²) in [6.45, 7) is 6.29. The largest absolute Gasteiger partial charge is 0.462 e. The fraction of sp³-hybridized carbons (Fsp3) is 0.675. The van der Waals surface area contributed by atoms with E-state index in [9.17, 15) is 14.4 Å². The van der Waals surface area contributed by atoms with Gasteiger partial charge in [-0.25, -0.2) is 0 Å². The molecule has 0 aliphatic rings. The van der Waals surface area contributed by atoms with E-state index in [-0.39, 0.29) is 31.1 Å². The van der Waals surface area contributed by atoms with Gasteiger partial charge < -0.3 is 14.2 Å². The molecule has 0 aromatic carbocycles. The zero-order valence-corrected chi connectivity index (χ0v) is 54.2. The zero-order chi connectivity index (χ0) is 59.9. The third-order valence-electron chi connectivity index (χ3n) is 14.6. The van der Waals surface area contributed by atoms with Gasteiger partial charge in [0.15, 0.2) is 6.10 Å². The number of hydrogen-bond acceptors (Lipinski definition) is 6. The SMILES string of the molecule is CC/C=C\C/C=C\C/C=C\C/C=C\CCCCCCCCCCCCCCCCCCCCC(=O)OCC(COC(=O)CCCCC/C=C\C/C=C\C/C=C\CC)OC(=O)CCCCCCCCCC/C=C\C/C=C\C/C=C\C/C=C\CC. The first-order chi connectivity index (χ1) is 41.0. The van der Waals surface area contributed by atoms with Crippen LogP contribution in [-0.2, 0) is 28.6 Å². The second-order valence-electron chi connectivity index (χ2n) is 22.6. The molecule has 1 atom stereocenters. The molecule has 0 spiro atoms. The molecule has 83 heavy (non-hydrogen) atoms. The summed E-state index contributed by atoms with van der Waals surface area (Å²) in [7, 11) is 0. The zero-order valence-electron chi connectivity index (χ0n) is 54.2. The molecule has 0 bridgehead atoms. The Balaban J connectivity index is 4.25. The van der Waals surface area contributed by atoms with Crippen molar-refractivity contribution >= 4 is 17.9 Å². The van der Waals surface area contributed by atoms with Crippen molar-refractivity contribution in [2.75, 3.05) is 13.2 Å². The first-order valence-electron chi connectivity index (χ1n) is 34.7. The van der Waals surface area contributed by atoms with Crippen molar-refractivity contribution in [1.29, 1.82) is 0 Å². The number of ether oxygens (including phenoxy) is 3. The maximum absolute atomic E-state index is 12.9. The van der Waals surface area contributed by atoms with E-state index in [1.54, 1.807) is 0 Å². The molecule has 1 unspecified atom stereocenters. The summed E-state index contributed by atoms with van der Waals surface area (Å²) in [6.07, 6.45) is 99.1. The van der Waals surface area contributed by atoms with Gasteiger partial charge in [-0.05, 0) is 128 Å². The van der Waals surface area contributed by atoms with Gasteiger partial charge >= 0.3 is 17.9 Å². The smallest absolute Gasteiger partial charge is 0.306 e. The predicted molar refractivity (Wildman–Crippen MR) is 362 cm³/mol. The van der Waals surface area contributed by atoms with Crippen LogP contribution in [0.3, 0.4) is 0 Å². The van der Waals surface area contributed by atoms with Gasteiger partial charge in [0.2, 0.25) is 0 Å². The van der Waals surface area contributed by atoms with E-state index in [1.165, 1.54) is 135 Å². The molecule has 0 amide bonds. The van der Waals surface area contributed by atoms with Crippen LogP contribution in [0.15, 0.2) is 134 Å². The van der Waals surface area contributed by atoms with Gasteiger partial charge in [0, 0.05) is 19.3 Å². The van der Waals surface area contributed by atoms with Gasteiger partial charge in [0.05, 0.1) is 0 Å². The van der Waals surface area contributed by atoms with Crippen LogP contribution < -0.4 is 0 Å². The number of carbonyl (C=O) groups excluding carboxylic acids is 3. The van der Waals surface area contributed by atoms with Crippen molar-refractivity contribution in [2.24, 2.45) is 0 Å². The Kier molecular flexibility index (Phi) is 66.3. The highest BCUT2D eigenvalue weighted by atomic mass is 16.6. The molecule has 0 aliphatic carbocycles. The van der Waals surface area contributed by atoms with Gasteiger partial charge in [0.25, 0.3) is 0 Å². The summed E-state index contributed by atoms with van der Waals surface area (Å²) in [6, 6.07) is 0. The normalized spacial score (nSPS) is 13.0. The van der Waals surface area contributed by atoms with E-state index in [1.807, 2.05) is 0 Å². The van der Waals surface area contributed by atoms with Crippen LogP contribution in [0.1, 0.15) is 316 Å². The van der Waals surface area contributed by atoms with Crippen LogP contribution in [-0.4, -0.2) is 37.2 Å². The van der Waals surface area contributed by atoms with Gasteiger partial charge in [0.1, 0.15) is 13.2 Å². The molecule has 6 heteroatoms. The molecule has 0 aromatic heterocycles. The Labute approximate surface area is 513 Å². The monoisotopic (exact) mass is 1150 g/mol. The highest BCUT2D eigenvalue weighted by Crippen LogP contribution is 2.17. The number of allylic oxidation sites excluding steroid dienone is 22. The van der Waals surface area contributed by atoms with Gasteiger partial charge in [-0.3, -0.25) is 14.4 Å². The maximum Gasteiger partial charge on any atom is 0.306 e. The summed E-state index contributed by atoms with van der Waals surface area (Å²) < 4.78 is 16.9. The van der Waals surface area contributed by atoms with Crippen LogP contribution in [0.2, 0.25) is 0 Å². The molecule has 0 saturated heterocycles. The number of carbonyl (C=O) groups is 3. The first-order valence-corrected chi connectivity index (χ1v) is 34.7. The van der Waals surface area contributed by atoms with Crippen LogP contribution in [0.4, 0.5) is 0 Å². The summed E-state index contributed by atoms with van der Waals surface area (Å²) >= 11 is 0. The van der Waals surface area contributed by atoms with Crippen molar-refractivity contribution in [3.8, 4) is 0 Å². The summed E-state index contributed by atoms with van der Waals surface area (Å²) in [5.41, 5.74) is 0. The lowest BCUT2D eigenvalue weighted by molar-refractivity contribution is -0.167. The summed E-state index contributed by atoms with van der Waals surface area (Å²) in [5, 5.41) is 0. The molecule has 0 fully saturated rings. The lowest BCUT2D eigenvalue weighted by Crippen LogP contribution is -2.30. The summed E-state index contributed by atoms with van der Waals surface area (Å²) in [5.74, 6) is -0.922.